The summed E-state index contributed by atoms with van der Waals surface area (Å²) in [4.78, 5) is 18.5. The topological polar surface area (TPSA) is 72.3 Å². The fourth-order valence-corrected chi connectivity index (χ4v) is 2.41. The van der Waals surface area contributed by atoms with Crippen molar-refractivity contribution in [2.24, 2.45) is 0 Å². The van der Waals surface area contributed by atoms with E-state index in [-0.39, 0.29) is 5.82 Å². The van der Waals surface area contributed by atoms with Crippen LogP contribution in [-0.2, 0) is 10.3 Å². The van der Waals surface area contributed by atoms with Crippen molar-refractivity contribution < 1.29 is 23.4 Å². The highest BCUT2D eigenvalue weighted by atomic mass is 19.3. The first-order valence-corrected chi connectivity index (χ1v) is 5.94. The number of hydrogen-bond donors (Lipinski definition) is 1. The summed E-state index contributed by atoms with van der Waals surface area (Å²) in [5, 5.41) is 8.85. The highest BCUT2D eigenvalue weighted by Crippen LogP contribution is 2.40. The van der Waals surface area contributed by atoms with Crippen molar-refractivity contribution in [2.45, 2.75) is 37.7 Å². The Hall–Kier alpha value is -1.63. The number of nitrogens with zero attached hydrogens (tertiary/aromatic N) is 2. The van der Waals surface area contributed by atoms with E-state index in [0.717, 1.165) is 19.0 Å². The van der Waals surface area contributed by atoms with Crippen molar-refractivity contribution >= 4 is 5.97 Å². The molecule has 104 valence electrons. The number of methoxy groups -OCH3 is 1. The summed E-state index contributed by atoms with van der Waals surface area (Å²) in [7, 11) is 1.49. The monoisotopic (exact) mass is 272 g/mol. The van der Waals surface area contributed by atoms with E-state index in [0.29, 0.717) is 12.8 Å². The Kier molecular flexibility index (Phi) is 3.75. The van der Waals surface area contributed by atoms with Gasteiger partial charge in [0, 0.05) is 13.3 Å². The minimum Gasteiger partial charge on any atom is -0.478 e. The second-order valence-corrected chi connectivity index (χ2v) is 4.50. The first-order valence-electron chi connectivity index (χ1n) is 5.94. The summed E-state index contributed by atoms with van der Waals surface area (Å²) in [5.74, 6) is -1.31. The summed E-state index contributed by atoms with van der Waals surface area (Å²) in [6.07, 6.45) is 1.09. The molecule has 0 aromatic carbocycles. The van der Waals surface area contributed by atoms with E-state index in [1.165, 1.54) is 7.11 Å². The van der Waals surface area contributed by atoms with Gasteiger partial charge < -0.3 is 9.84 Å². The molecule has 1 aliphatic carbocycles. The molecule has 1 aromatic rings. The Bertz CT molecular complexity index is 488. The van der Waals surface area contributed by atoms with Crippen molar-refractivity contribution in [3.05, 3.63) is 23.3 Å². The summed E-state index contributed by atoms with van der Waals surface area (Å²) in [6.45, 7) is 0. The van der Waals surface area contributed by atoms with Crippen LogP contribution in [0.25, 0.3) is 0 Å². The molecule has 2 rings (SSSR count). The molecule has 0 aliphatic heterocycles. The van der Waals surface area contributed by atoms with Gasteiger partial charge in [-0.2, -0.15) is 0 Å². The lowest BCUT2D eigenvalue weighted by Crippen LogP contribution is -2.28. The van der Waals surface area contributed by atoms with E-state index in [1.807, 2.05) is 0 Å². The highest BCUT2D eigenvalue weighted by molar-refractivity contribution is 5.88. The lowest BCUT2D eigenvalue weighted by atomic mass is 10.0. The second-order valence-electron chi connectivity index (χ2n) is 4.50. The van der Waals surface area contributed by atoms with Crippen LogP contribution < -0.4 is 0 Å². The van der Waals surface area contributed by atoms with Gasteiger partial charge in [-0.25, -0.2) is 23.5 Å². The number of aromatic carboxylic acids is 1. The quantitative estimate of drug-likeness (QED) is 0.911. The van der Waals surface area contributed by atoms with Gasteiger partial charge in [-0.15, -0.1) is 0 Å². The number of halogens is 2. The van der Waals surface area contributed by atoms with Gasteiger partial charge >= 0.3 is 5.97 Å². The maximum atomic E-state index is 12.9. The number of rotatable bonds is 4. The third-order valence-corrected chi connectivity index (χ3v) is 3.46. The standard InChI is InChI=1S/C12H14F2N2O3/c1-19-12(4-2-3-5-12)11-15-6-7(10(17)18)8(16-11)9(13)14/h6,9H,2-5H2,1H3,(H,17,18). The summed E-state index contributed by atoms with van der Waals surface area (Å²) in [5.41, 5.74) is -2.08. The molecule has 1 fully saturated rings. The number of carboxylic acids is 1. The van der Waals surface area contributed by atoms with E-state index >= 15 is 0 Å². The zero-order valence-corrected chi connectivity index (χ0v) is 10.4. The third-order valence-electron chi connectivity index (χ3n) is 3.46. The predicted molar refractivity (Wildman–Crippen MR) is 61.1 cm³/mol. The van der Waals surface area contributed by atoms with Crippen LogP contribution in [0.5, 0.6) is 0 Å². The zero-order chi connectivity index (χ0) is 14.0. The van der Waals surface area contributed by atoms with Crippen LogP contribution in [0.1, 0.15) is 54.0 Å². The number of ether oxygens (including phenoxy) is 1. The Morgan fingerprint density at radius 3 is 2.58 bits per heavy atom. The summed E-state index contributed by atoms with van der Waals surface area (Å²) in [6, 6.07) is 0. The molecule has 19 heavy (non-hydrogen) atoms. The van der Waals surface area contributed by atoms with Gasteiger partial charge in [-0.05, 0) is 25.7 Å². The molecule has 1 aromatic heterocycles. The maximum Gasteiger partial charge on any atom is 0.339 e. The van der Waals surface area contributed by atoms with Gasteiger partial charge in [0.15, 0.2) is 5.82 Å². The molecule has 7 heteroatoms. The van der Waals surface area contributed by atoms with Crippen LogP contribution in [-0.4, -0.2) is 28.2 Å². The van der Waals surface area contributed by atoms with Gasteiger partial charge in [-0.1, -0.05) is 0 Å². The van der Waals surface area contributed by atoms with Crippen molar-refractivity contribution in [3.8, 4) is 0 Å². The van der Waals surface area contributed by atoms with Gasteiger partial charge in [0.25, 0.3) is 6.43 Å². The van der Waals surface area contributed by atoms with Crippen LogP contribution in [0.3, 0.4) is 0 Å². The van der Waals surface area contributed by atoms with Crippen molar-refractivity contribution in [2.75, 3.05) is 7.11 Å². The summed E-state index contributed by atoms with van der Waals surface area (Å²) >= 11 is 0. The predicted octanol–water partition coefficient (Wildman–Crippen LogP) is 2.53. The average Bonchev–Trinajstić information content (AvgIpc) is 2.87. The molecule has 1 saturated carbocycles. The number of carboxylic acid groups (broad SMARTS) is 1. The fraction of sp³-hybridized carbons (Fsp3) is 0.583. The summed E-state index contributed by atoms with van der Waals surface area (Å²) < 4.78 is 31.2. The maximum absolute atomic E-state index is 12.9. The van der Waals surface area contributed by atoms with Gasteiger partial charge in [0.2, 0.25) is 0 Å². The van der Waals surface area contributed by atoms with Gasteiger partial charge in [0.1, 0.15) is 16.9 Å². The lowest BCUT2D eigenvalue weighted by Gasteiger charge is -2.26. The van der Waals surface area contributed by atoms with E-state index in [4.69, 9.17) is 9.84 Å². The van der Waals surface area contributed by atoms with Crippen LogP contribution in [0.2, 0.25) is 0 Å². The largest absolute Gasteiger partial charge is 0.478 e. The molecule has 0 spiro atoms. The van der Waals surface area contributed by atoms with Crippen LogP contribution in [0, 0.1) is 0 Å². The SMILES string of the molecule is COC1(c2ncc(C(=O)O)c(C(F)F)n2)CCCC1. The molecule has 0 unspecified atom stereocenters. The molecule has 1 aliphatic rings. The highest BCUT2D eigenvalue weighted by Gasteiger charge is 2.39. The minimum atomic E-state index is -2.96. The number of aromatic nitrogens is 2. The molecular formula is C12H14F2N2O3. The molecule has 5 nitrogen and oxygen atoms in total. The zero-order valence-electron chi connectivity index (χ0n) is 10.4. The normalized spacial score (nSPS) is 17.9. The van der Waals surface area contributed by atoms with E-state index in [9.17, 15) is 13.6 Å². The average molecular weight is 272 g/mol. The Morgan fingerprint density at radius 2 is 2.11 bits per heavy atom. The van der Waals surface area contributed by atoms with Crippen molar-refractivity contribution in [1.82, 2.24) is 9.97 Å². The van der Waals surface area contributed by atoms with Crippen LogP contribution >= 0.6 is 0 Å². The molecule has 1 heterocycles. The molecule has 0 saturated heterocycles. The lowest BCUT2D eigenvalue weighted by molar-refractivity contribution is -0.0171. The fourth-order valence-electron chi connectivity index (χ4n) is 2.41. The number of alkyl halides is 2. The molecule has 0 amide bonds. The smallest absolute Gasteiger partial charge is 0.339 e. The van der Waals surface area contributed by atoms with Crippen molar-refractivity contribution in [3.63, 3.8) is 0 Å². The van der Waals surface area contributed by atoms with E-state index < -0.39 is 29.3 Å². The first-order chi connectivity index (χ1) is 9.00. The van der Waals surface area contributed by atoms with Crippen molar-refractivity contribution in [1.29, 1.82) is 0 Å². The Labute approximate surface area is 108 Å². The van der Waals surface area contributed by atoms with E-state index in [2.05, 4.69) is 9.97 Å². The minimum absolute atomic E-state index is 0.146. The first kappa shape index (κ1) is 13.8. The Balaban J connectivity index is 2.48. The van der Waals surface area contributed by atoms with Gasteiger partial charge in [-0.3, -0.25) is 0 Å². The second kappa shape index (κ2) is 5.16. The number of hydrogen-bond acceptors (Lipinski definition) is 4. The molecular weight excluding hydrogens is 258 g/mol. The van der Waals surface area contributed by atoms with Crippen LogP contribution in [0.4, 0.5) is 8.78 Å². The third kappa shape index (κ3) is 2.42. The van der Waals surface area contributed by atoms with Crippen LogP contribution in [0.15, 0.2) is 6.20 Å². The van der Waals surface area contributed by atoms with E-state index in [1.54, 1.807) is 0 Å². The Morgan fingerprint density at radius 1 is 1.47 bits per heavy atom. The molecule has 0 bridgehead atoms. The van der Waals surface area contributed by atoms with Gasteiger partial charge in [0.05, 0.1) is 0 Å². The molecule has 0 atom stereocenters. The molecule has 0 radical (unpaired) electrons. The molecule has 1 N–H and O–H groups in total. The number of carbonyl (C=O) groups is 1.